The van der Waals surface area contributed by atoms with Crippen molar-refractivity contribution in [2.45, 2.75) is 64.1 Å². The molecule has 4 nitrogen and oxygen atoms in total. The molecule has 0 aliphatic heterocycles. The van der Waals surface area contributed by atoms with Gasteiger partial charge in [-0.05, 0) is 43.0 Å². The van der Waals surface area contributed by atoms with E-state index in [1.54, 1.807) is 12.1 Å². The molecular weight excluding hydrogens is 415 g/mol. The van der Waals surface area contributed by atoms with E-state index in [4.69, 9.17) is 11.6 Å². The fourth-order valence-corrected chi connectivity index (χ4v) is 4.27. The number of hydrogen-bond donors (Lipinski definition) is 1. The van der Waals surface area contributed by atoms with Crippen molar-refractivity contribution in [3.63, 3.8) is 0 Å². The number of rotatable bonds is 7. The molecule has 1 atom stereocenters. The van der Waals surface area contributed by atoms with Crippen LogP contribution in [0.15, 0.2) is 48.5 Å². The number of nitrogens with one attached hydrogen (secondary N) is 1. The SMILES string of the molecule is Cc1ccc(CN(C(=O)CCl)[C@H](C(=O)NC2CCCCCC2)c2ccc(F)cc2)cc1. The van der Waals surface area contributed by atoms with Gasteiger partial charge in [-0.25, -0.2) is 4.39 Å². The smallest absolute Gasteiger partial charge is 0.247 e. The number of carbonyl (C=O) groups excluding carboxylic acids is 2. The van der Waals surface area contributed by atoms with Crippen molar-refractivity contribution in [1.82, 2.24) is 10.2 Å². The highest BCUT2D eigenvalue weighted by molar-refractivity contribution is 6.27. The topological polar surface area (TPSA) is 49.4 Å². The maximum atomic E-state index is 13.6. The van der Waals surface area contributed by atoms with Gasteiger partial charge in [0.2, 0.25) is 11.8 Å². The molecule has 1 aliphatic rings. The Morgan fingerprint density at radius 3 is 2.23 bits per heavy atom. The largest absolute Gasteiger partial charge is 0.351 e. The zero-order valence-electron chi connectivity index (χ0n) is 17.9. The van der Waals surface area contributed by atoms with Gasteiger partial charge in [0.15, 0.2) is 0 Å². The van der Waals surface area contributed by atoms with Crippen LogP contribution in [0.1, 0.15) is 61.3 Å². The lowest BCUT2D eigenvalue weighted by atomic mass is 10.0. The molecule has 1 N–H and O–H groups in total. The van der Waals surface area contributed by atoms with Crippen LogP contribution < -0.4 is 5.32 Å². The number of alkyl halides is 1. The van der Waals surface area contributed by atoms with Crippen LogP contribution >= 0.6 is 11.6 Å². The van der Waals surface area contributed by atoms with Crippen LogP contribution in [0.5, 0.6) is 0 Å². The Morgan fingerprint density at radius 2 is 1.65 bits per heavy atom. The van der Waals surface area contributed by atoms with E-state index in [1.807, 2.05) is 31.2 Å². The summed E-state index contributed by atoms with van der Waals surface area (Å²) < 4.78 is 13.6. The van der Waals surface area contributed by atoms with Gasteiger partial charge in [-0.15, -0.1) is 11.6 Å². The molecule has 0 radical (unpaired) electrons. The Hall–Kier alpha value is -2.40. The van der Waals surface area contributed by atoms with Crippen LogP contribution in [-0.4, -0.2) is 28.6 Å². The highest BCUT2D eigenvalue weighted by Crippen LogP contribution is 2.26. The third-order valence-corrected chi connectivity index (χ3v) is 6.08. The third-order valence-electron chi connectivity index (χ3n) is 5.86. The van der Waals surface area contributed by atoms with Gasteiger partial charge < -0.3 is 10.2 Å². The molecule has 1 fully saturated rings. The van der Waals surface area contributed by atoms with Crippen LogP contribution in [-0.2, 0) is 16.1 Å². The first kappa shape index (κ1) is 23.3. The average Bonchev–Trinajstić information content (AvgIpc) is 3.04. The monoisotopic (exact) mass is 444 g/mol. The van der Waals surface area contributed by atoms with Crippen LogP contribution in [0.25, 0.3) is 0 Å². The Balaban J connectivity index is 1.92. The summed E-state index contributed by atoms with van der Waals surface area (Å²) in [4.78, 5) is 27.8. The van der Waals surface area contributed by atoms with Gasteiger partial charge in [0.25, 0.3) is 0 Å². The summed E-state index contributed by atoms with van der Waals surface area (Å²) >= 11 is 5.93. The second-order valence-corrected chi connectivity index (χ2v) is 8.56. The number of aryl methyl sites for hydroxylation is 1. The zero-order chi connectivity index (χ0) is 22.2. The van der Waals surface area contributed by atoms with Crippen molar-refractivity contribution >= 4 is 23.4 Å². The normalized spacial score (nSPS) is 15.7. The molecule has 31 heavy (non-hydrogen) atoms. The molecule has 1 saturated carbocycles. The number of nitrogens with zero attached hydrogens (tertiary/aromatic N) is 1. The van der Waals surface area contributed by atoms with Crippen molar-refractivity contribution in [3.05, 3.63) is 71.0 Å². The standard InChI is InChI=1S/C25H30ClFN2O2/c1-18-8-10-19(11-9-18)17-29(23(30)16-26)24(20-12-14-21(27)15-13-20)25(31)28-22-6-4-2-3-5-7-22/h8-15,22,24H,2-7,16-17H2,1H3,(H,28,31)/t24-/m0/s1. The molecule has 6 heteroatoms. The van der Waals surface area contributed by atoms with Crippen LogP contribution in [0.3, 0.4) is 0 Å². The summed E-state index contributed by atoms with van der Waals surface area (Å²) in [5, 5.41) is 3.16. The predicted molar refractivity (Wildman–Crippen MR) is 121 cm³/mol. The molecule has 2 amide bonds. The van der Waals surface area contributed by atoms with Crippen molar-refractivity contribution in [1.29, 1.82) is 0 Å². The summed E-state index contributed by atoms with van der Waals surface area (Å²) in [6, 6.07) is 12.8. The van der Waals surface area contributed by atoms with Gasteiger partial charge in [-0.1, -0.05) is 67.6 Å². The van der Waals surface area contributed by atoms with Gasteiger partial charge in [0.1, 0.15) is 17.7 Å². The van der Waals surface area contributed by atoms with Crippen LogP contribution in [0.4, 0.5) is 4.39 Å². The number of benzene rings is 2. The van der Waals surface area contributed by atoms with Crippen LogP contribution in [0.2, 0.25) is 0 Å². The summed E-state index contributed by atoms with van der Waals surface area (Å²) in [7, 11) is 0. The second kappa shape index (κ2) is 11.3. The van der Waals surface area contributed by atoms with Crippen molar-refractivity contribution < 1.29 is 14.0 Å². The Morgan fingerprint density at radius 1 is 1.03 bits per heavy atom. The lowest BCUT2D eigenvalue weighted by Crippen LogP contribution is -2.46. The maximum absolute atomic E-state index is 13.6. The highest BCUT2D eigenvalue weighted by atomic mass is 35.5. The molecule has 0 bridgehead atoms. The Kier molecular flexibility index (Phi) is 8.47. The molecular formula is C25H30ClFN2O2. The first-order chi connectivity index (χ1) is 15.0. The van der Waals surface area contributed by atoms with E-state index in [1.165, 1.54) is 29.9 Å². The fraction of sp³-hybridized carbons (Fsp3) is 0.440. The second-order valence-electron chi connectivity index (χ2n) is 8.29. The van der Waals surface area contributed by atoms with Crippen molar-refractivity contribution in [3.8, 4) is 0 Å². The zero-order valence-corrected chi connectivity index (χ0v) is 18.7. The molecule has 0 unspecified atom stereocenters. The van der Waals surface area contributed by atoms with E-state index < -0.39 is 6.04 Å². The molecule has 166 valence electrons. The first-order valence-electron chi connectivity index (χ1n) is 10.9. The first-order valence-corrected chi connectivity index (χ1v) is 11.5. The van der Waals surface area contributed by atoms with E-state index in [0.717, 1.165) is 36.8 Å². The molecule has 1 aliphatic carbocycles. The Labute approximate surface area is 188 Å². The lowest BCUT2D eigenvalue weighted by Gasteiger charge is -2.32. The van der Waals surface area contributed by atoms with Crippen molar-refractivity contribution in [2.24, 2.45) is 0 Å². The molecule has 3 rings (SSSR count). The minimum Gasteiger partial charge on any atom is -0.351 e. The average molecular weight is 445 g/mol. The summed E-state index contributed by atoms with van der Waals surface area (Å²) in [5.41, 5.74) is 2.58. The van der Waals surface area contributed by atoms with E-state index in [0.29, 0.717) is 5.56 Å². The summed E-state index contributed by atoms with van der Waals surface area (Å²) in [6.45, 7) is 2.24. The molecule has 0 aromatic heterocycles. The van der Waals surface area contributed by atoms with Gasteiger partial charge in [-0.2, -0.15) is 0 Å². The lowest BCUT2D eigenvalue weighted by molar-refractivity contribution is -0.140. The minimum absolute atomic E-state index is 0.0882. The number of hydrogen-bond acceptors (Lipinski definition) is 2. The van der Waals surface area contributed by atoms with Crippen LogP contribution in [0, 0.1) is 12.7 Å². The number of carbonyl (C=O) groups is 2. The van der Waals surface area contributed by atoms with E-state index in [9.17, 15) is 14.0 Å². The van der Waals surface area contributed by atoms with E-state index >= 15 is 0 Å². The predicted octanol–water partition coefficient (Wildman–Crippen LogP) is 5.28. The number of halogens is 2. The molecule has 0 spiro atoms. The van der Waals surface area contributed by atoms with Crippen molar-refractivity contribution in [2.75, 3.05) is 5.88 Å². The maximum Gasteiger partial charge on any atom is 0.247 e. The van der Waals surface area contributed by atoms with E-state index in [-0.39, 0.29) is 36.1 Å². The molecule has 2 aromatic carbocycles. The van der Waals surface area contributed by atoms with Gasteiger partial charge in [0.05, 0.1) is 0 Å². The van der Waals surface area contributed by atoms with Gasteiger partial charge in [0, 0.05) is 12.6 Å². The molecule has 0 saturated heterocycles. The third kappa shape index (κ3) is 6.54. The highest BCUT2D eigenvalue weighted by Gasteiger charge is 2.32. The Bertz CT molecular complexity index is 862. The van der Waals surface area contributed by atoms with Gasteiger partial charge in [-0.3, -0.25) is 9.59 Å². The fourth-order valence-electron chi connectivity index (χ4n) is 4.11. The minimum atomic E-state index is -0.878. The quantitative estimate of drug-likeness (QED) is 0.466. The molecule has 0 heterocycles. The van der Waals surface area contributed by atoms with E-state index in [2.05, 4.69) is 5.32 Å². The summed E-state index contributed by atoms with van der Waals surface area (Å²) in [5.74, 6) is -1.21. The van der Waals surface area contributed by atoms with Gasteiger partial charge >= 0.3 is 0 Å². The molecule has 2 aromatic rings. The number of amides is 2. The summed E-state index contributed by atoms with van der Waals surface area (Å²) in [6.07, 6.45) is 6.39.